The van der Waals surface area contributed by atoms with Gasteiger partial charge in [-0.25, -0.2) is 0 Å². The van der Waals surface area contributed by atoms with Crippen molar-refractivity contribution in [3.63, 3.8) is 0 Å². The average Bonchev–Trinajstić information content (AvgIpc) is 2.13. The van der Waals surface area contributed by atoms with Crippen LogP contribution in [0, 0.1) is 0 Å². The molecule has 0 aromatic heterocycles. The van der Waals surface area contributed by atoms with E-state index in [-0.39, 0.29) is 0 Å². The smallest absolute Gasteiger partial charge is 0.000744 e. The highest BCUT2D eigenvalue weighted by molar-refractivity contribution is 5.14. The molecule has 0 radical (unpaired) electrons. The molecule has 0 aliphatic carbocycles. The van der Waals surface area contributed by atoms with E-state index in [1.54, 1.807) is 6.08 Å². The molecule has 0 aliphatic heterocycles. The summed E-state index contributed by atoms with van der Waals surface area (Å²) in [6, 6.07) is 0. The van der Waals surface area contributed by atoms with Gasteiger partial charge >= 0.3 is 0 Å². The zero-order valence-electron chi connectivity index (χ0n) is 9.13. The van der Waals surface area contributed by atoms with E-state index in [9.17, 15) is 0 Å². The number of nitrogens with two attached hydrogens (primary N) is 1. The summed E-state index contributed by atoms with van der Waals surface area (Å²) in [5.41, 5.74) is 7.66. The molecule has 0 amide bonds. The standard InChI is InChI=1S/C13H21N/c1-4-5-6-9-12(2)10-7-8-11-13(3)14/h4-6,9H,1,3,7-8,10-11,14H2,2H3/b6-5-,12-9+. The minimum atomic E-state index is 0.790. The van der Waals surface area contributed by atoms with Crippen LogP contribution in [0.5, 0.6) is 0 Å². The zero-order valence-corrected chi connectivity index (χ0v) is 9.13. The molecule has 1 nitrogen and oxygen atoms in total. The van der Waals surface area contributed by atoms with Gasteiger partial charge in [-0.05, 0) is 32.6 Å². The summed E-state index contributed by atoms with van der Waals surface area (Å²) in [6.45, 7) is 9.43. The van der Waals surface area contributed by atoms with Gasteiger partial charge in [-0.3, -0.25) is 0 Å². The first kappa shape index (κ1) is 12.8. The van der Waals surface area contributed by atoms with Gasteiger partial charge in [-0.2, -0.15) is 0 Å². The minimum absolute atomic E-state index is 0.790. The van der Waals surface area contributed by atoms with Crippen molar-refractivity contribution in [2.45, 2.75) is 32.6 Å². The van der Waals surface area contributed by atoms with Crippen LogP contribution in [0.15, 0.2) is 48.7 Å². The molecule has 0 unspecified atom stereocenters. The van der Waals surface area contributed by atoms with Crippen LogP contribution in [0.1, 0.15) is 32.6 Å². The van der Waals surface area contributed by atoms with Gasteiger partial charge in [0, 0.05) is 5.70 Å². The Balaban J connectivity index is 3.57. The summed E-state index contributed by atoms with van der Waals surface area (Å²) in [6.07, 6.45) is 12.2. The fourth-order valence-electron chi connectivity index (χ4n) is 1.14. The Labute approximate surface area is 87.7 Å². The van der Waals surface area contributed by atoms with Gasteiger partial charge in [0.15, 0.2) is 0 Å². The second-order valence-electron chi connectivity index (χ2n) is 3.50. The lowest BCUT2D eigenvalue weighted by Gasteiger charge is -2.00. The third-order valence-electron chi connectivity index (χ3n) is 1.95. The van der Waals surface area contributed by atoms with Crippen molar-refractivity contribution in [3.05, 3.63) is 48.7 Å². The van der Waals surface area contributed by atoms with Crippen molar-refractivity contribution in [1.29, 1.82) is 0 Å². The maximum absolute atomic E-state index is 5.48. The van der Waals surface area contributed by atoms with E-state index in [1.807, 2.05) is 12.2 Å². The summed E-state index contributed by atoms with van der Waals surface area (Å²) in [5, 5.41) is 0. The van der Waals surface area contributed by atoms with Crippen molar-refractivity contribution in [3.8, 4) is 0 Å². The molecule has 0 rings (SSSR count). The van der Waals surface area contributed by atoms with Crippen LogP contribution in [0.2, 0.25) is 0 Å². The highest BCUT2D eigenvalue weighted by atomic mass is 14.5. The molecular formula is C13H21N. The third-order valence-corrected chi connectivity index (χ3v) is 1.95. The van der Waals surface area contributed by atoms with Crippen molar-refractivity contribution in [1.82, 2.24) is 0 Å². The summed E-state index contributed by atoms with van der Waals surface area (Å²) in [4.78, 5) is 0. The Bertz CT molecular complexity index is 234. The Morgan fingerprint density at radius 3 is 2.43 bits per heavy atom. The number of hydrogen-bond acceptors (Lipinski definition) is 1. The molecular weight excluding hydrogens is 170 g/mol. The maximum Gasteiger partial charge on any atom is 0.000744 e. The van der Waals surface area contributed by atoms with E-state index in [4.69, 9.17) is 5.73 Å². The zero-order chi connectivity index (χ0) is 10.8. The summed E-state index contributed by atoms with van der Waals surface area (Å²) in [5.74, 6) is 0. The third kappa shape index (κ3) is 8.85. The Kier molecular flexibility index (Phi) is 7.62. The molecule has 0 fully saturated rings. The van der Waals surface area contributed by atoms with E-state index in [1.165, 1.54) is 12.0 Å². The van der Waals surface area contributed by atoms with Gasteiger partial charge in [0.2, 0.25) is 0 Å². The molecule has 14 heavy (non-hydrogen) atoms. The Morgan fingerprint density at radius 2 is 1.86 bits per heavy atom. The van der Waals surface area contributed by atoms with Gasteiger partial charge in [0.05, 0.1) is 0 Å². The quantitative estimate of drug-likeness (QED) is 0.482. The van der Waals surface area contributed by atoms with Crippen LogP contribution in [0.3, 0.4) is 0 Å². The molecule has 0 aromatic carbocycles. The molecule has 2 N–H and O–H groups in total. The van der Waals surface area contributed by atoms with Crippen LogP contribution in [0.4, 0.5) is 0 Å². The van der Waals surface area contributed by atoms with Crippen LogP contribution in [-0.4, -0.2) is 0 Å². The van der Waals surface area contributed by atoms with Crippen LogP contribution in [-0.2, 0) is 0 Å². The van der Waals surface area contributed by atoms with Crippen molar-refractivity contribution in [2.75, 3.05) is 0 Å². The van der Waals surface area contributed by atoms with E-state index < -0.39 is 0 Å². The van der Waals surface area contributed by atoms with Crippen LogP contribution in [0.25, 0.3) is 0 Å². The minimum Gasteiger partial charge on any atom is -0.403 e. The van der Waals surface area contributed by atoms with E-state index in [0.717, 1.165) is 25.0 Å². The van der Waals surface area contributed by atoms with Gasteiger partial charge in [-0.1, -0.05) is 43.0 Å². The summed E-state index contributed by atoms with van der Waals surface area (Å²) in [7, 11) is 0. The SMILES string of the molecule is C=C/C=C\C=C(/C)CCCCC(=C)N. The normalized spacial score (nSPS) is 11.9. The van der Waals surface area contributed by atoms with Crippen LogP contribution < -0.4 is 5.73 Å². The van der Waals surface area contributed by atoms with Gasteiger partial charge in [-0.15, -0.1) is 0 Å². The van der Waals surface area contributed by atoms with E-state index >= 15 is 0 Å². The lowest BCUT2D eigenvalue weighted by molar-refractivity contribution is 0.722. The molecule has 0 spiro atoms. The average molecular weight is 191 g/mol. The van der Waals surface area contributed by atoms with E-state index in [2.05, 4.69) is 26.2 Å². The lowest BCUT2D eigenvalue weighted by atomic mass is 10.1. The summed E-state index contributed by atoms with van der Waals surface area (Å²) < 4.78 is 0. The maximum atomic E-state index is 5.48. The second kappa shape index (κ2) is 8.36. The van der Waals surface area contributed by atoms with Crippen molar-refractivity contribution in [2.24, 2.45) is 5.73 Å². The lowest BCUT2D eigenvalue weighted by Crippen LogP contribution is -1.93. The molecule has 0 aromatic rings. The molecule has 0 bridgehead atoms. The molecule has 0 saturated heterocycles. The fourth-order valence-corrected chi connectivity index (χ4v) is 1.14. The number of rotatable bonds is 7. The Morgan fingerprint density at radius 1 is 1.21 bits per heavy atom. The molecule has 0 heterocycles. The number of unbranched alkanes of at least 4 members (excludes halogenated alkanes) is 1. The van der Waals surface area contributed by atoms with E-state index in [0.29, 0.717) is 0 Å². The molecule has 78 valence electrons. The largest absolute Gasteiger partial charge is 0.403 e. The molecule has 1 heteroatoms. The first-order valence-electron chi connectivity index (χ1n) is 5.05. The van der Waals surface area contributed by atoms with Crippen LogP contribution >= 0.6 is 0 Å². The Hall–Kier alpha value is -1.24. The van der Waals surface area contributed by atoms with Crippen molar-refractivity contribution >= 4 is 0 Å². The number of allylic oxidation sites excluding steroid dienone is 6. The highest BCUT2D eigenvalue weighted by Crippen LogP contribution is 2.09. The fraction of sp³-hybridized carbons (Fsp3) is 0.385. The van der Waals surface area contributed by atoms with Crippen molar-refractivity contribution < 1.29 is 0 Å². The summed E-state index contributed by atoms with van der Waals surface area (Å²) >= 11 is 0. The van der Waals surface area contributed by atoms with Gasteiger partial charge < -0.3 is 5.73 Å². The molecule has 0 saturated carbocycles. The second-order valence-corrected chi connectivity index (χ2v) is 3.50. The number of hydrogen-bond donors (Lipinski definition) is 1. The topological polar surface area (TPSA) is 26.0 Å². The molecule has 0 atom stereocenters. The van der Waals surface area contributed by atoms with Gasteiger partial charge in [0.1, 0.15) is 0 Å². The monoisotopic (exact) mass is 191 g/mol. The predicted molar refractivity (Wildman–Crippen MR) is 64.9 cm³/mol. The molecule has 0 aliphatic rings. The first-order chi connectivity index (χ1) is 6.66. The highest BCUT2D eigenvalue weighted by Gasteiger charge is 1.91. The van der Waals surface area contributed by atoms with Gasteiger partial charge in [0.25, 0.3) is 0 Å². The predicted octanol–water partition coefficient (Wildman–Crippen LogP) is 3.71. The first-order valence-corrected chi connectivity index (χ1v) is 5.05.